The second kappa shape index (κ2) is 11.4. The second-order valence-corrected chi connectivity index (χ2v) is 8.88. The van der Waals surface area contributed by atoms with Gasteiger partial charge in [-0.25, -0.2) is 4.79 Å². The van der Waals surface area contributed by atoms with Gasteiger partial charge in [0.25, 0.3) is 0 Å². The second-order valence-electron chi connectivity index (χ2n) is 8.88. The Morgan fingerprint density at radius 2 is 1.30 bits per heavy atom. The Labute approximate surface area is 217 Å². The van der Waals surface area contributed by atoms with Crippen molar-refractivity contribution < 1.29 is 14.3 Å². The summed E-state index contributed by atoms with van der Waals surface area (Å²) in [7, 11) is 0. The number of rotatable bonds is 9. The standard InChI is InChI=1S/C32H28N2O3/c35-30-22-21-28(31(25-15-7-2-8-16-25)33-27-19-11-4-12-20-27)34(30)29(24-13-5-1-6-14-24)23-37-32(36)26-17-9-3-10-18-26/h1-22,28-29,31,33H,23H2/t28-,29-,31-/m0/s1. The summed E-state index contributed by atoms with van der Waals surface area (Å²) in [5, 5.41) is 3.63. The summed E-state index contributed by atoms with van der Waals surface area (Å²) < 4.78 is 5.78. The number of nitrogens with one attached hydrogen (secondary N) is 1. The molecule has 1 amide bonds. The van der Waals surface area contributed by atoms with Crippen molar-refractivity contribution in [2.24, 2.45) is 0 Å². The molecule has 0 saturated carbocycles. The van der Waals surface area contributed by atoms with E-state index >= 15 is 0 Å². The van der Waals surface area contributed by atoms with Crippen LogP contribution in [0.4, 0.5) is 5.69 Å². The van der Waals surface area contributed by atoms with Crippen LogP contribution in [0.2, 0.25) is 0 Å². The van der Waals surface area contributed by atoms with Gasteiger partial charge in [0.2, 0.25) is 5.91 Å². The van der Waals surface area contributed by atoms with Crippen LogP contribution in [0.1, 0.15) is 33.6 Å². The average Bonchev–Trinajstić information content (AvgIpc) is 3.34. The maximum atomic E-state index is 13.4. The van der Waals surface area contributed by atoms with Crippen LogP contribution in [0.5, 0.6) is 0 Å². The molecule has 3 atom stereocenters. The van der Waals surface area contributed by atoms with E-state index in [-0.39, 0.29) is 24.6 Å². The molecule has 0 radical (unpaired) electrons. The van der Waals surface area contributed by atoms with Gasteiger partial charge in [-0.05, 0) is 35.4 Å². The number of benzene rings is 4. The SMILES string of the molecule is O=C(OC[C@@H](c1ccccc1)N1C(=O)C=C[C@H]1[C@@H](Nc1ccccc1)c1ccccc1)c1ccccc1. The Morgan fingerprint density at radius 3 is 1.92 bits per heavy atom. The number of carbonyl (C=O) groups is 2. The summed E-state index contributed by atoms with van der Waals surface area (Å²) in [6, 6.07) is 37.7. The minimum absolute atomic E-state index is 0.0362. The van der Waals surface area contributed by atoms with Crippen LogP contribution in [0, 0.1) is 0 Å². The fraction of sp³-hybridized carbons (Fsp3) is 0.125. The normalized spacial score (nSPS) is 16.3. The Hall–Kier alpha value is -4.64. The third kappa shape index (κ3) is 5.62. The quantitative estimate of drug-likeness (QED) is 0.285. The van der Waals surface area contributed by atoms with Gasteiger partial charge in [0, 0.05) is 11.8 Å². The summed E-state index contributed by atoms with van der Waals surface area (Å²) in [6.45, 7) is 0.0362. The first-order valence-electron chi connectivity index (χ1n) is 12.3. The number of hydrogen-bond acceptors (Lipinski definition) is 4. The molecular weight excluding hydrogens is 460 g/mol. The number of ether oxygens (including phenoxy) is 1. The van der Waals surface area contributed by atoms with Crippen molar-refractivity contribution in [1.29, 1.82) is 0 Å². The van der Waals surface area contributed by atoms with Crippen molar-refractivity contribution in [2.75, 3.05) is 11.9 Å². The first kappa shape index (κ1) is 24.1. The maximum absolute atomic E-state index is 13.4. The lowest BCUT2D eigenvalue weighted by Crippen LogP contribution is -2.44. The molecule has 1 N–H and O–H groups in total. The zero-order chi connectivity index (χ0) is 25.5. The molecule has 0 spiro atoms. The number of esters is 1. The molecule has 0 saturated heterocycles. The topological polar surface area (TPSA) is 58.6 Å². The maximum Gasteiger partial charge on any atom is 0.338 e. The Kier molecular flexibility index (Phi) is 7.42. The van der Waals surface area contributed by atoms with Gasteiger partial charge < -0.3 is 15.0 Å². The average molecular weight is 489 g/mol. The summed E-state index contributed by atoms with van der Waals surface area (Å²) in [6.07, 6.45) is 3.55. The van der Waals surface area contributed by atoms with Crippen LogP contribution in [0.15, 0.2) is 133 Å². The summed E-state index contributed by atoms with van der Waals surface area (Å²) >= 11 is 0. The van der Waals surface area contributed by atoms with Crippen LogP contribution in [-0.4, -0.2) is 29.4 Å². The molecule has 0 fully saturated rings. The Balaban J connectivity index is 1.48. The molecule has 0 aromatic heterocycles. The highest BCUT2D eigenvalue weighted by atomic mass is 16.5. The van der Waals surface area contributed by atoms with Gasteiger partial charge in [0.05, 0.1) is 23.7 Å². The van der Waals surface area contributed by atoms with Crippen molar-refractivity contribution in [2.45, 2.75) is 18.1 Å². The number of amides is 1. The number of carbonyl (C=O) groups excluding carboxylic acids is 2. The number of hydrogen-bond donors (Lipinski definition) is 1. The molecule has 0 unspecified atom stereocenters. The largest absolute Gasteiger partial charge is 0.460 e. The third-order valence-electron chi connectivity index (χ3n) is 6.51. The van der Waals surface area contributed by atoms with E-state index in [4.69, 9.17) is 4.74 Å². The van der Waals surface area contributed by atoms with E-state index in [9.17, 15) is 9.59 Å². The van der Waals surface area contributed by atoms with Crippen molar-refractivity contribution in [3.63, 3.8) is 0 Å². The highest BCUT2D eigenvalue weighted by Gasteiger charge is 2.39. The number of nitrogens with zero attached hydrogens (tertiary/aromatic N) is 1. The first-order valence-corrected chi connectivity index (χ1v) is 12.3. The third-order valence-corrected chi connectivity index (χ3v) is 6.51. The fourth-order valence-electron chi connectivity index (χ4n) is 4.70. The van der Waals surface area contributed by atoms with Crippen LogP contribution in [0.25, 0.3) is 0 Å². The first-order chi connectivity index (χ1) is 18.2. The predicted molar refractivity (Wildman–Crippen MR) is 145 cm³/mol. The summed E-state index contributed by atoms with van der Waals surface area (Å²) in [4.78, 5) is 28.0. The Bertz CT molecular complexity index is 1340. The highest BCUT2D eigenvalue weighted by Crippen LogP contribution is 2.35. The van der Waals surface area contributed by atoms with E-state index in [0.717, 1.165) is 16.8 Å². The van der Waals surface area contributed by atoms with Gasteiger partial charge in [-0.2, -0.15) is 0 Å². The zero-order valence-corrected chi connectivity index (χ0v) is 20.3. The molecule has 5 nitrogen and oxygen atoms in total. The zero-order valence-electron chi connectivity index (χ0n) is 20.3. The molecule has 37 heavy (non-hydrogen) atoms. The molecule has 184 valence electrons. The van der Waals surface area contributed by atoms with E-state index in [1.54, 1.807) is 30.3 Å². The van der Waals surface area contributed by atoms with Gasteiger partial charge in [-0.3, -0.25) is 4.79 Å². The van der Waals surface area contributed by atoms with Crippen LogP contribution in [0.3, 0.4) is 0 Å². The molecule has 5 heteroatoms. The molecule has 0 bridgehead atoms. The van der Waals surface area contributed by atoms with Gasteiger partial charge in [-0.15, -0.1) is 0 Å². The van der Waals surface area contributed by atoms with Gasteiger partial charge in [0.15, 0.2) is 0 Å². The van der Waals surface area contributed by atoms with Gasteiger partial charge in [0.1, 0.15) is 6.61 Å². The molecular formula is C32H28N2O3. The summed E-state index contributed by atoms with van der Waals surface area (Å²) in [5.41, 5.74) is 3.38. The van der Waals surface area contributed by atoms with Crippen molar-refractivity contribution in [3.8, 4) is 0 Å². The molecule has 0 aliphatic carbocycles. The van der Waals surface area contributed by atoms with Gasteiger partial charge >= 0.3 is 5.97 Å². The van der Waals surface area contributed by atoms with Crippen LogP contribution in [-0.2, 0) is 9.53 Å². The Morgan fingerprint density at radius 1 is 0.757 bits per heavy atom. The smallest absolute Gasteiger partial charge is 0.338 e. The number of para-hydroxylation sites is 1. The number of anilines is 1. The molecule has 1 aliphatic rings. The van der Waals surface area contributed by atoms with Gasteiger partial charge in [-0.1, -0.05) is 103 Å². The van der Waals surface area contributed by atoms with Crippen molar-refractivity contribution >= 4 is 17.6 Å². The van der Waals surface area contributed by atoms with Crippen molar-refractivity contribution in [3.05, 3.63) is 150 Å². The minimum Gasteiger partial charge on any atom is -0.460 e. The molecule has 1 heterocycles. The van der Waals surface area contributed by atoms with Crippen LogP contribution >= 0.6 is 0 Å². The lowest BCUT2D eigenvalue weighted by atomic mass is 9.96. The molecule has 5 rings (SSSR count). The van der Waals surface area contributed by atoms with E-state index < -0.39 is 12.0 Å². The van der Waals surface area contributed by atoms with Crippen molar-refractivity contribution in [1.82, 2.24) is 4.90 Å². The fourth-order valence-corrected chi connectivity index (χ4v) is 4.70. The summed E-state index contributed by atoms with van der Waals surface area (Å²) in [5.74, 6) is -0.537. The van der Waals surface area contributed by atoms with E-state index in [1.807, 2.05) is 95.9 Å². The molecule has 4 aromatic rings. The van der Waals surface area contributed by atoms with Crippen LogP contribution < -0.4 is 5.32 Å². The monoisotopic (exact) mass is 488 g/mol. The lowest BCUT2D eigenvalue weighted by Gasteiger charge is -2.38. The highest BCUT2D eigenvalue weighted by molar-refractivity contribution is 5.92. The molecule has 1 aliphatic heterocycles. The van der Waals surface area contributed by atoms with E-state index in [2.05, 4.69) is 17.4 Å². The molecule has 4 aromatic carbocycles. The predicted octanol–water partition coefficient (Wildman–Crippen LogP) is 6.21. The van der Waals surface area contributed by atoms with E-state index in [0.29, 0.717) is 5.56 Å². The lowest BCUT2D eigenvalue weighted by molar-refractivity contribution is -0.130. The van der Waals surface area contributed by atoms with E-state index in [1.165, 1.54) is 0 Å². The minimum atomic E-state index is -0.467.